The van der Waals surface area contributed by atoms with Crippen molar-refractivity contribution in [3.8, 4) is 0 Å². The maximum Gasteiger partial charge on any atom is 0.338 e. The first kappa shape index (κ1) is 21.4. The Morgan fingerprint density at radius 2 is 1.93 bits per heavy atom. The van der Waals surface area contributed by atoms with E-state index < -0.39 is 17.9 Å². The van der Waals surface area contributed by atoms with Crippen molar-refractivity contribution in [2.45, 2.75) is 60.2 Å². The molecule has 152 valence electrons. The first-order chi connectivity index (χ1) is 13.3. The normalized spacial score (nSPS) is 11.9. The van der Waals surface area contributed by atoms with Gasteiger partial charge in [0.15, 0.2) is 17.6 Å². The van der Waals surface area contributed by atoms with Crippen LogP contribution in [0.25, 0.3) is 11.0 Å². The Hall–Kier alpha value is -2.90. The number of hydrogen-bond acceptors (Lipinski definition) is 4. The van der Waals surface area contributed by atoms with Crippen molar-refractivity contribution in [3.05, 3.63) is 29.6 Å². The molecule has 0 spiro atoms. The molecule has 28 heavy (non-hydrogen) atoms. The van der Waals surface area contributed by atoms with Crippen LogP contribution in [0.1, 0.15) is 50.3 Å². The molecule has 0 unspecified atom stereocenters. The number of urea groups is 1. The third kappa shape index (κ3) is 4.68. The largest absolute Gasteiger partial charge is 0.462 e. The van der Waals surface area contributed by atoms with E-state index in [0.717, 1.165) is 23.3 Å². The molecule has 0 aliphatic heterocycles. The van der Waals surface area contributed by atoms with E-state index in [0.29, 0.717) is 18.7 Å². The molecular formula is C20H29N4O4+. The van der Waals surface area contributed by atoms with Crippen LogP contribution in [0, 0.1) is 6.92 Å². The molecule has 1 heterocycles. The highest BCUT2D eigenvalue weighted by Gasteiger charge is 2.24. The highest BCUT2D eigenvalue weighted by molar-refractivity contribution is 5.96. The minimum atomic E-state index is -0.510. The van der Waals surface area contributed by atoms with Crippen molar-refractivity contribution in [2.24, 2.45) is 0 Å². The number of carbonyl (C=O) groups is 3. The fraction of sp³-hybridized carbons (Fsp3) is 0.500. The van der Waals surface area contributed by atoms with Gasteiger partial charge in [-0.15, -0.1) is 0 Å². The van der Waals surface area contributed by atoms with E-state index >= 15 is 0 Å². The summed E-state index contributed by atoms with van der Waals surface area (Å²) in [6.07, 6.45) is 0.774. The predicted molar refractivity (Wildman–Crippen MR) is 105 cm³/mol. The van der Waals surface area contributed by atoms with Gasteiger partial charge in [-0.05, 0) is 39.3 Å². The van der Waals surface area contributed by atoms with Gasteiger partial charge >= 0.3 is 12.0 Å². The average Bonchev–Trinajstić information content (AvgIpc) is 2.92. The number of nitrogens with one attached hydrogen (secondary N) is 2. The SMILES string of the molecule is CCOC(=O)c1ccc2c(c1)n(CC(=O)NC(=O)N[C@@H](C)CC)c(C)[n+]2CC. The van der Waals surface area contributed by atoms with Gasteiger partial charge in [0, 0.05) is 19.0 Å². The Kier molecular flexibility index (Phi) is 7.14. The fourth-order valence-electron chi connectivity index (χ4n) is 3.07. The van der Waals surface area contributed by atoms with Gasteiger partial charge in [-0.1, -0.05) is 6.92 Å². The van der Waals surface area contributed by atoms with Gasteiger partial charge in [-0.2, -0.15) is 0 Å². The highest BCUT2D eigenvalue weighted by Crippen LogP contribution is 2.17. The number of aromatic nitrogens is 2. The minimum absolute atomic E-state index is 0.0173. The number of aryl methyl sites for hydroxylation is 1. The van der Waals surface area contributed by atoms with Gasteiger partial charge < -0.3 is 10.1 Å². The second kappa shape index (κ2) is 9.34. The molecule has 0 fully saturated rings. The summed E-state index contributed by atoms with van der Waals surface area (Å²) in [6.45, 7) is 10.5. The third-order valence-electron chi connectivity index (χ3n) is 4.71. The molecule has 0 radical (unpaired) electrons. The molecule has 0 aliphatic rings. The molecule has 1 aromatic heterocycles. The van der Waals surface area contributed by atoms with Gasteiger partial charge in [0.05, 0.1) is 18.7 Å². The number of fused-ring (bicyclic) bond motifs is 1. The molecule has 8 nitrogen and oxygen atoms in total. The Bertz CT molecular complexity index is 888. The molecule has 1 atom stereocenters. The second-order valence-corrected chi connectivity index (χ2v) is 6.63. The van der Waals surface area contributed by atoms with Crippen LogP contribution in [-0.4, -0.2) is 35.1 Å². The monoisotopic (exact) mass is 389 g/mol. The van der Waals surface area contributed by atoms with Crippen LogP contribution in [0.4, 0.5) is 4.79 Å². The van der Waals surface area contributed by atoms with Gasteiger partial charge in [0.1, 0.15) is 0 Å². The van der Waals surface area contributed by atoms with Gasteiger partial charge in [0.25, 0.3) is 11.7 Å². The molecule has 1 aromatic carbocycles. The lowest BCUT2D eigenvalue weighted by Gasteiger charge is -2.11. The van der Waals surface area contributed by atoms with E-state index in [1.54, 1.807) is 23.6 Å². The zero-order valence-corrected chi connectivity index (χ0v) is 17.2. The number of hydrogen-bond donors (Lipinski definition) is 2. The average molecular weight is 389 g/mol. The van der Waals surface area contributed by atoms with Crippen LogP contribution in [0.15, 0.2) is 18.2 Å². The first-order valence-corrected chi connectivity index (χ1v) is 9.62. The molecular weight excluding hydrogens is 360 g/mol. The lowest BCUT2D eigenvalue weighted by Crippen LogP contribution is -2.44. The van der Waals surface area contributed by atoms with Crippen LogP contribution in [0.3, 0.4) is 0 Å². The number of nitrogens with zero attached hydrogens (tertiary/aromatic N) is 2. The summed E-state index contributed by atoms with van der Waals surface area (Å²) in [4.78, 5) is 36.4. The van der Waals surface area contributed by atoms with E-state index in [4.69, 9.17) is 4.74 Å². The number of carbonyl (C=O) groups excluding carboxylic acids is 3. The number of benzene rings is 1. The summed E-state index contributed by atoms with van der Waals surface area (Å²) >= 11 is 0. The molecule has 3 amide bonds. The van der Waals surface area contributed by atoms with Gasteiger partial charge in [-0.3, -0.25) is 10.1 Å². The van der Waals surface area contributed by atoms with E-state index in [2.05, 4.69) is 15.2 Å². The lowest BCUT2D eigenvalue weighted by atomic mass is 10.2. The topological polar surface area (TPSA) is 93.3 Å². The Balaban J connectivity index is 2.32. The van der Waals surface area contributed by atoms with Gasteiger partial charge in [-0.25, -0.2) is 18.7 Å². The number of imidazole rings is 1. The van der Waals surface area contributed by atoms with Crippen LogP contribution >= 0.6 is 0 Å². The van der Waals surface area contributed by atoms with E-state index in [1.165, 1.54) is 0 Å². The standard InChI is InChI=1S/C20H28N4O4/c1-6-13(4)21-20(27)22-18(25)12-24-14(5)23(7-2)16-10-9-15(11-17(16)24)19(26)28-8-3/h9-11,13H,6-8,12H2,1-5H3,(H-,21,22,25,27)/p+1/t13-/m0/s1. The van der Waals surface area contributed by atoms with E-state index in [1.807, 2.05) is 33.8 Å². The predicted octanol–water partition coefficient (Wildman–Crippen LogP) is 2.06. The van der Waals surface area contributed by atoms with Crippen molar-refractivity contribution < 1.29 is 23.7 Å². The Morgan fingerprint density at radius 1 is 1.21 bits per heavy atom. The van der Waals surface area contributed by atoms with Crippen LogP contribution in [-0.2, 0) is 22.6 Å². The summed E-state index contributed by atoms with van der Waals surface area (Å²) in [5.41, 5.74) is 2.07. The van der Waals surface area contributed by atoms with Crippen molar-refractivity contribution in [3.63, 3.8) is 0 Å². The molecule has 8 heteroatoms. The molecule has 0 bridgehead atoms. The Labute approximate surface area is 164 Å². The molecule has 2 rings (SSSR count). The van der Waals surface area contributed by atoms with Crippen LogP contribution in [0.2, 0.25) is 0 Å². The number of amides is 3. The summed E-state index contributed by atoms with van der Waals surface area (Å²) in [7, 11) is 0. The molecule has 0 saturated heterocycles. The van der Waals surface area contributed by atoms with Crippen LogP contribution < -0.4 is 15.2 Å². The van der Waals surface area contributed by atoms with Gasteiger partial charge in [0.2, 0.25) is 0 Å². The van der Waals surface area contributed by atoms with E-state index in [9.17, 15) is 14.4 Å². The quantitative estimate of drug-likeness (QED) is 0.560. The summed E-state index contributed by atoms with van der Waals surface area (Å²) in [5, 5.41) is 5.07. The van der Waals surface area contributed by atoms with Crippen LogP contribution in [0.5, 0.6) is 0 Å². The summed E-state index contributed by atoms with van der Waals surface area (Å²) < 4.78 is 8.93. The smallest absolute Gasteiger partial charge is 0.338 e. The molecule has 2 aromatic rings. The lowest BCUT2D eigenvalue weighted by molar-refractivity contribution is -0.674. The number of ether oxygens (including phenoxy) is 1. The minimum Gasteiger partial charge on any atom is -0.462 e. The third-order valence-corrected chi connectivity index (χ3v) is 4.71. The first-order valence-electron chi connectivity index (χ1n) is 9.62. The summed E-state index contributed by atoms with van der Waals surface area (Å²) in [5.74, 6) is 0.0248. The highest BCUT2D eigenvalue weighted by atomic mass is 16.5. The number of imide groups is 1. The zero-order valence-electron chi connectivity index (χ0n) is 17.2. The fourth-order valence-corrected chi connectivity index (χ4v) is 3.07. The van der Waals surface area contributed by atoms with E-state index in [-0.39, 0.29) is 12.6 Å². The zero-order chi connectivity index (χ0) is 20.8. The molecule has 2 N–H and O–H groups in total. The number of esters is 1. The Morgan fingerprint density at radius 3 is 2.54 bits per heavy atom. The maximum absolute atomic E-state index is 12.4. The maximum atomic E-state index is 12.4. The number of rotatable bonds is 7. The van der Waals surface area contributed by atoms with Crippen molar-refractivity contribution in [2.75, 3.05) is 6.61 Å². The van der Waals surface area contributed by atoms with Crippen molar-refractivity contribution >= 4 is 28.9 Å². The second-order valence-electron chi connectivity index (χ2n) is 6.63. The van der Waals surface area contributed by atoms with Crippen molar-refractivity contribution in [1.29, 1.82) is 0 Å². The van der Waals surface area contributed by atoms with Crippen molar-refractivity contribution in [1.82, 2.24) is 15.2 Å². The molecule has 0 saturated carbocycles. The summed E-state index contributed by atoms with van der Waals surface area (Å²) in [6, 6.07) is 4.76. The molecule has 0 aliphatic carbocycles.